The third kappa shape index (κ3) is 3.08. The second-order valence-electron chi connectivity index (χ2n) is 3.65. The third-order valence-corrected chi connectivity index (χ3v) is 3.54. The van der Waals surface area contributed by atoms with Gasteiger partial charge in [0.05, 0.1) is 3.57 Å². The van der Waals surface area contributed by atoms with Gasteiger partial charge in [-0.1, -0.05) is 17.7 Å². The summed E-state index contributed by atoms with van der Waals surface area (Å²) in [6.07, 6.45) is 2.22. The number of nitrogens with zero attached hydrogens (tertiary/aromatic N) is 2. The van der Waals surface area contributed by atoms with E-state index in [1.54, 1.807) is 19.3 Å². The zero-order valence-corrected chi connectivity index (χ0v) is 12.5. The number of anilines is 1. The van der Waals surface area contributed by atoms with Crippen molar-refractivity contribution < 1.29 is 4.39 Å². The van der Waals surface area contributed by atoms with Crippen molar-refractivity contribution in [2.45, 2.75) is 6.42 Å². The fourth-order valence-corrected chi connectivity index (χ4v) is 2.26. The Bertz CT molecular complexity index is 577. The average molecular weight is 378 g/mol. The molecule has 0 unspecified atom stereocenters. The third-order valence-electron chi connectivity index (χ3n) is 2.39. The molecular formula is C12H10ClFIN3. The number of benzene rings is 1. The van der Waals surface area contributed by atoms with E-state index in [1.165, 1.54) is 12.1 Å². The van der Waals surface area contributed by atoms with Crippen molar-refractivity contribution in [3.63, 3.8) is 0 Å². The molecule has 6 heteroatoms. The van der Waals surface area contributed by atoms with Gasteiger partial charge in [-0.2, -0.15) is 0 Å². The Hall–Kier alpha value is -0.950. The summed E-state index contributed by atoms with van der Waals surface area (Å²) in [4.78, 5) is 8.60. The van der Waals surface area contributed by atoms with Crippen LogP contribution in [0.5, 0.6) is 0 Å². The number of rotatable bonds is 3. The molecule has 0 amide bonds. The molecule has 2 aromatic rings. The molecule has 0 spiro atoms. The lowest BCUT2D eigenvalue weighted by Crippen LogP contribution is -2.03. The van der Waals surface area contributed by atoms with Gasteiger partial charge in [0.2, 0.25) is 0 Å². The lowest BCUT2D eigenvalue weighted by Gasteiger charge is -2.06. The Morgan fingerprint density at radius 2 is 2.22 bits per heavy atom. The summed E-state index contributed by atoms with van der Waals surface area (Å²) in [5.41, 5.74) is 0.807. The van der Waals surface area contributed by atoms with E-state index in [0.717, 1.165) is 15.0 Å². The Morgan fingerprint density at radius 1 is 1.44 bits per heavy atom. The van der Waals surface area contributed by atoms with Gasteiger partial charge in [0.25, 0.3) is 0 Å². The number of hydrogen-bond acceptors (Lipinski definition) is 3. The van der Waals surface area contributed by atoms with Crippen LogP contribution in [0.2, 0.25) is 5.02 Å². The lowest BCUT2D eigenvalue weighted by molar-refractivity contribution is 0.627. The molecule has 0 aliphatic heterocycles. The van der Waals surface area contributed by atoms with Crippen molar-refractivity contribution in [3.8, 4) is 0 Å². The second kappa shape index (κ2) is 5.79. The zero-order chi connectivity index (χ0) is 13.1. The van der Waals surface area contributed by atoms with Gasteiger partial charge in [-0.25, -0.2) is 14.4 Å². The summed E-state index contributed by atoms with van der Waals surface area (Å²) in [5.74, 6) is 1.08. The summed E-state index contributed by atoms with van der Waals surface area (Å²) in [5, 5.41) is 3.39. The van der Waals surface area contributed by atoms with Crippen molar-refractivity contribution in [3.05, 3.63) is 50.2 Å². The lowest BCUT2D eigenvalue weighted by atomic mass is 10.1. The molecule has 0 saturated carbocycles. The number of hydrogen-bond donors (Lipinski definition) is 1. The van der Waals surface area contributed by atoms with Crippen LogP contribution >= 0.6 is 34.2 Å². The summed E-state index contributed by atoms with van der Waals surface area (Å²) < 4.78 is 13.9. The normalized spacial score (nSPS) is 10.4. The van der Waals surface area contributed by atoms with Crippen LogP contribution in [-0.2, 0) is 6.42 Å². The molecule has 1 aromatic heterocycles. The Morgan fingerprint density at radius 3 is 2.89 bits per heavy atom. The first-order valence-corrected chi connectivity index (χ1v) is 6.69. The van der Waals surface area contributed by atoms with Crippen LogP contribution < -0.4 is 5.32 Å². The van der Waals surface area contributed by atoms with E-state index in [1.807, 2.05) is 0 Å². The van der Waals surface area contributed by atoms with Gasteiger partial charge in [-0.15, -0.1) is 0 Å². The summed E-state index contributed by atoms with van der Waals surface area (Å²) in [6, 6.07) is 4.33. The maximum absolute atomic E-state index is 12.9. The number of halogens is 3. The molecule has 3 nitrogen and oxygen atoms in total. The molecule has 0 aliphatic carbocycles. The predicted octanol–water partition coefficient (Wildman–Crippen LogP) is 3.51. The molecule has 94 valence electrons. The van der Waals surface area contributed by atoms with E-state index >= 15 is 0 Å². The molecule has 1 N–H and O–H groups in total. The van der Waals surface area contributed by atoms with Gasteiger partial charge >= 0.3 is 0 Å². The highest BCUT2D eigenvalue weighted by molar-refractivity contribution is 14.1. The molecule has 0 radical (unpaired) electrons. The van der Waals surface area contributed by atoms with Gasteiger partial charge in [0, 0.05) is 24.7 Å². The largest absolute Gasteiger partial charge is 0.372 e. The van der Waals surface area contributed by atoms with Gasteiger partial charge in [0.15, 0.2) is 0 Å². The highest BCUT2D eigenvalue weighted by Gasteiger charge is 2.07. The first-order chi connectivity index (χ1) is 8.60. The minimum atomic E-state index is -0.344. The molecule has 18 heavy (non-hydrogen) atoms. The van der Waals surface area contributed by atoms with Crippen molar-refractivity contribution in [1.82, 2.24) is 9.97 Å². The SMILES string of the molecule is CNc1nc(Cc2ccc(F)cc2Cl)ncc1I. The molecule has 2 rings (SSSR count). The smallest absolute Gasteiger partial charge is 0.142 e. The standard InChI is InChI=1S/C12H10ClFIN3/c1-16-12-10(15)6-17-11(18-12)4-7-2-3-8(14)5-9(7)13/h2-3,5-6H,4H2,1H3,(H,16,17,18). The predicted molar refractivity (Wildman–Crippen MR) is 78.5 cm³/mol. The van der Waals surface area contributed by atoms with Crippen molar-refractivity contribution in [2.75, 3.05) is 12.4 Å². The van der Waals surface area contributed by atoms with Crippen molar-refractivity contribution in [1.29, 1.82) is 0 Å². The van der Waals surface area contributed by atoms with Crippen molar-refractivity contribution >= 4 is 40.0 Å². The highest BCUT2D eigenvalue weighted by atomic mass is 127. The second-order valence-corrected chi connectivity index (χ2v) is 5.21. The van der Waals surface area contributed by atoms with Crippen LogP contribution in [0.15, 0.2) is 24.4 Å². The van der Waals surface area contributed by atoms with Gasteiger partial charge in [-0.3, -0.25) is 0 Å². The van der Waals surface area contributed by atoms with Crippen LogP contribution in [0.25, 0.3) is 0 Å². The molecule has 1 aromatic carbocycles. The van der Waals surface area contributed by atoms with Crippen LogP contribution in [0, 0.1) is 9.39 Å². The molecule has 1 heterocycles. The quantitative estimate of drug-likeness (QED) is 0.832. The Kier molecular flexibility index (Phi) is 4.34. The van der Waals surface area contributed by atoms with E-state index in [9.17, 15) is 4.39 Å². The van der Waals surface area contributed by atoms with E-state index in [2.05, 4.69) is 37.9 Å². The summed E-state index contributed by atoms with van der Waals surface area (Å²) in [7, 11) is 1.80. The first-order valence-electron chi connectivity index (χ1n) is 5.23. The van der Waals surface area contributed by atoms with Crippen LogP contribution in [-0.4, -0.2) is 17.0 Å². The first kappa shape index (κ1) is 13.5. The number of nitrogens with one attached hydrogen (secondary N) is 1. The van der Waals surface area contributed by atoms with E-state index in [0.29, 0.717) is 17.3 Å². The molecule has 0 saturated heterocycles. The Balaban J connectivity index is 2.28. The molecule has 0 fully saturated rings. The van der Waals surface area contributed by atoms with E-state index in [4.69, 9.17) is 11.6 Å². The van der Waals surface area contributed by atoms with E-state index < -0.39 is 0 Å². The molecule has 0 aliphatic rings. The average Bonchev–Trinajstić information content (AvgIpc) is 2.35. The summed E-state index contributed by atoms with van der Waals surface area (Å²) in [6.45, 7) is 0. The fourth-order valence-electron chi connectivity index (χ4n) is 1.50. The molecular weight excluding hydrogens is 368 g/mol. The van der Waals surface area contributed by atoms with Crippen LogP contribution in [0.4, 0.5) is 10.2 Å². The van der Waals surface area contributed by atoms with Crippen LogP contribution in [0.1, 0.15) is 11.4 Å². The maximum atomic E-state index is 12.9. The Labute approximate surface area is 123 Å². The summed E-state index contributed by atoms with van der Waals surface area (Å²) >= 11 is 8.13. The monoisotopic (exact) mass is 377 g/mol. The number of aromatic nitrogens is 2. The van der Waals surface area contributed by atoms with Gasteiger partial charge < -0.3 is 5.32 Å². The van der Waals surface area contributed by atoms with Crippen LogP contribution in [0.3, 0.4) is 0 Å². The van der Waals surface area contributed by atoms with E-state index in [-0.39, 0.29) is 5.82 Å². The minimum Gasteiger partial charge on any atom is -0.372 e. The highest BCUT2D eigenvalue weighted by Crippen LogP contribution is 2.20. The van der Waals surface area contributed by atoms with Gasteiger partial charge in [0.1, 0.15) is 17.5 Å². The van der Waals surface area contributed by atoms with Crippen molar-refractivity contribution in [2.24, 2.45) is 0 Å². The fraction of sp³-hybridized carbons (Fsp3) is 0.167. The maximum Gasteiger partial charge on any atom is 0.142 e. The topological polar surface area (TPSA) is 37.8 Å². The zero-order valence-electron chi connectivity index (χ0n) is 9.54. The minimum absolute atomic E-state index is 0.344. The van der Waals surface area contributed by atoms with Gasteiger partial charge in [-0.05, 0) is 40.3 Å². The molecule has 0 atom stereocenters. The molecule has 0 bridgehead atoms.